The average Bonchev–Trinajstić information content (AvgIpc) is 2.66. The zero-order chi connectivity index (χ0) is 24.8. The number of carbonyl (C=O) groups excluding carboxylic acids is 3. The van der Waals surface area contributed by atoms with Crippen molar-refractivity contribution in [1.29, 1.82) is 0 Å². The van der Waals surface area contributed by atoms with Crippen LogP contribution in [-0.2, 0) is 27.2 Å². The fourth-order valence-electron chi connectivity index (χ4n) is 2.54. The topological polar surface area (TPSA) is 96.9 Å². The molecule has 2 aromatic rings. The van der Waals surface area contributed by atoms with Crippen LogP contribution in [0.25, 0.3) is 0 Å². The summed E-state index contributed by atoms with van der Waals surface area (Å²) >= 11 is 24.4. The van der Waals surface area contributed by atoms with Gasteiger partial charge >= 0.3 is 6.09 Å². The van der Waals surface area contributed by atoms with Crippen LogP contribution in [0.5, 0.6) is 0 Å². The lowest BCUT2D eigenvalue weighted by Gasteiger charge is -2.18. The summed E-state index contributed by atoms with van der Waals surface area (Å²) in [4.78, 5) is 41.0. The molecule has 0 aliphatic carbocycles. The Morgan fingerprint density at radius 3 is 1.48 bits per heavy atom. The van der Waals surface area contributed by atoms with Crippen molar-refractivity contribution in [2.24, 2.45) is 4.99 Å². The highest BCUT2D eigenvalue weighted by atomic mass is 35.5. The molecule has 0 saturated heterocycles. The maximum atomic E-state index is 12.6. The Bertz CT molecular complexity index is 988. The Morgan fingerprint density at radius 2 is 1.15 bits per heavy atom. The van der Waals surface area contributed by atoms with Gasteiger partial charge in [0.15, 0.2) is 0 Å². The van der Waals surface area contributed by atoms with Gasteiger partial charge in [-0.2, -0.15) is 0 Å². The van der Waals surface area contributed by atoms with Gasteiger partial charge in [-0.25, -0.2) is 4.79 Å². The highest BCUT2D eigenvalue weighted by Gasteiger charge is 2.20. The molecule has 0 bridgehead atoms. The fourth-order valence-corrected chi connectivity index (χ4v) is 3.60. The van der Waals surface area contributed by atoms with E-state index in [0.717, 1.165) is 0 Å². The molecule has 33 heavy (non-hydrogen) atoms. The van der Waals surface area contributed by atoms with Crippen molar-refractivity contribution >= 4 is 70.3 Å². The van der Waals surface area contributed by atoms with E-state index in [2.05, 4.69) is 15.6 Å². The molecule has 3 amide bonds. The molecule has 0 spiro atoms. The maximum Gasteiger partial charge on any atom is 0.437 e. The van der Waals surface area contributed by atoms with E-state index >= 15 is 0 Å². The van der Waals surface area contributed by atoms with Crippen molar-refractivity contribution in [3.63, 3.8) is 0 Å². The van der Waals surface area contributed by atoms with Crippen molar-refractivity contribution in [3.8, 4) is 0 Å². The third-order valence-electron chi connectivity index (χ3n) is 3.91. The standard InChI is InChI=1S/C22H21Cl4N3O4/c1-22(2,3)33-21(32)29-20(27-18(30)10-12-14(23)6-4-7-15(12)24)28-19(31)11-13-16(25)8-5-9-17(13)26/h4-9H,10-11H2,1-3H3,(H2,27,28,29,30,31,32). The van der Waals surface area contributed by atoms with E-state index in [0.29, 0.717) is 31.2 Å². The van der Waals surface area contributed by atoms with Gasteiger partial charge in [-0.15, -0.1) is 4.99 Å². The Hall–Kier alpha value is -2.32. The second kappa shape index (κ2) is 11.7. The number of nitrogens with one attached hydrogen (secondary N) is 2. The van der Waals surface area contributed by atoms with Crippen LogP contribution in [0.4, 0.5) is 4.79 Å². The number of benzene rings is 2. The third kappa shape index (κ3) is 8.85. The van der Waals surface area contributed by atoms with E-state index in [-0.39, 0.29) is 12.8 Å². The van der Waals surface area contributed by atoms with Gasteiger partial charge in [-0.1, -0.05) is 58.5 Å². The number of rotatable bonds is 4. The van der Waals surface area contributed by atoms with Crippen LogP contribution < -0.4 is 10.6 Å². The molecule has 0 radical (unpaired) electrons. The monoisotopic (exact) mass is 531 g/mol. The van der Waals surface area contributed by atoms with Crippen LogP contribution in [-0.4, -0.2) is 29.5 Å². The molecule has 7 nitrogen and oxygen atoms in total. The van der Waals surface area contributed by atoms with Gasteiger partial charge in [-0.3, -0.25) is 20.2 Å². The molecule has 0 unspecified atom stereocenters. The Kier molecular flexibility index (Phi) is 9.55. The summed E-state index contributed by atoms with van der Waals surface area (Å²) in [5, 5.41) is 5.92. The summed E-state index contributed by atoms with van der Waals surface area (Å²) in [6.07, 6.45) is -1.46. The molecule has 0 aliphatic heterocycles. The molecule has 0 aliphatic rings. The molecule has 2 aromatic carbocycles. The minimum atomic E-state index is -1.01. The summed E-state index contributed by atoms with van der Waals surface area (Å²) in [5.74, 6) is -1.67. The molecule has 0 heterocycles. The van der Waals surface area contributed by atoms with Crippen molar-refractivity contribution < 1.29 is 19.1 Å². The molecule has 2 N–H and O–H groups in total. The third-order valence-corrected chi connectivity index (χ3v) is 5.33. The van der Waals surface area contributed by atoms with Gasteiger partial charge in [0.2, 0.25) is 17.8 Å². The highest BCUT2D eigenvalue weighted by Crippen LogP contribution is 2.25. The number of hydrogen-bond acceptors (Lipinski definition) is 4. The Balaban J connectivity index is 2.21. The molecule has 176 valence electrons. The summed E-state index contributed by atoms with van der Waals surface area (Å²) < 4.78 is 5.13. The molecule has 0 aromatic heterocycles. The van der Waals surface area contributed by atoms with Crippen LogP contribution in [0.2, 0.25) is 20.1 Å². The largest absolute Gasteiger partial charge is 0.442 e. The predicted octanol–water partition coefficient (Wildman–Crippen LogP) is 5.61. The van der Waals surface area contributed by atoms with E-state index in [1.165, 1.54) is 0 Å². The van der Waals surface area contributed by atoms with Crippen molar-refractivity contribution in [1.82, 2.24) is 10.6 Å². The van der Waals surface area contributed by atoms with Gasteiger partial charge < -0.3 is 4.74 Å². The zero-order valence-electron chi connectivity index (χ0n) is 18.0. The number of carbonyl (C=O) groups is 3. The van der Waals surface area contributed by atoms with Gasteiger partial charge in [0, 0.05) is 20.1 Å². The lowest BCUT2D eigenvalue weighted by atomic mass is 10.1. The second-order valence-electron chi connectivity index (χ2n) is 7.79. The van der Waals surface area contributed by atoms with Gasteiger partial charge in [0.1, 0.15) is 5.60 Å². The number of ether oxygens (including phenoxy) is 1. The molecule has 2 rings (SSSR count). The van der Waals surface area contributed by atoms with Crippen LogP contribution >= 0.6 is 46.4 Å². The molecular formula is C22H21Cl4N3O4. The van der Waals surface area contributed by atoms with Crippen LogP contribution in [0.15, 0.2) is 41.4 Å². The van der Waals surface area contributed by atoms with Crippen molar-refractivity contribution in [3.05, 3.63) is 67.6 Å². The smallest absolute Gasteiger partial charge is 0.437 e. The summed E-state index contributed by atoms with van der Waals surface area (Å²) in [5.41, 5.74) is -0.0798. The van der Waals surface area contributed by atoms with E-state index in [1.807, 2.05) is 0 Å². The van der Waals surface area contributed by atoms with Crippen molar-refractivity contribution in [2.75, 3.05) is 0 Å². The number of aliphatic imine (C=N–C) groups is 1. The van der Waals surface area contributed by atoms with Crippen LogP contribution in [0.1, 0.15) is 31.9 Å². The van der Waals surface area contributed by atoms with Crippen LogP contribution in [0.3, 0.4) is 0 Å². The first kappa shape index (κ1) is 26.9. The lowest BCUT2D eigenvalue weighted by molar-refractivity contribution is -0.119. The number of nitrogens with zero attached hydrogens (tertiary/aromatic N) is 1. The van der Waals surface area contributed by atoms with Crippen LogP contribution in [0, 0.1) is 0 Å². The quantitative estimate of drug-likeness (QED) is 0.395. The highest BCUT2D eigenvalue weighted by molar-refractivity contribution is 6.37. The zero-order valence-corrected chi connectivity index (χ0v) is 21.0. The number of guanidine groups is 1. The first-order chi connectivity index (χ1) is 15.4. The Morgan fingerprint density at radius 1 is 0.788 bits per heavy atom. The average molecular weight is 533 g/mol. The van der Waals surface area contributed by atoms with Crippen molar-refractivity contribution in [2.45, 2.75) is 39.2 Å². The minimum absolute atomic E-state index is 0.224. The molecule has 11 heteroatoms. The molecular weight excluding hydrogens is 512 g/mol. The Labute approximate surface area is 211 Å². The predicted molar refractivity (Wildman–Crippen MR) is 130 cm³/mol. The van der Waals surface area contributed by atoms with E-state index in [9.17, 15) is 14.4 Å². The number of hydrogen-bond donors (Lipinski definition) is 2. The molecule has 0 saturated carbocycles. The normalized spacial score (nSPS) is 10.9. The van der Waals surface area contributed by atoms with Gasteiger partial charge in [-0.05, 0) is 56.2 Å². The first-order valence-electron chi connectivity index (χ1n) is 9.63. The SMILES string of the molecule is CC(C)(C)OC(=O)N=C(NC(=O)Cc1c(Cl)cccc1Cl)NC(=O)Cc1c(Cl)cccc1Cl. The summed E-state index contributed by atoms with van der Waals surface area (Å²) in [7, 11) is 0. The summed E-state index contributed by atoms with van der Waals surface area (Å²) in [6, 6.07) is 9.62. The fraction of sp³-hybridized carbons (Fsp3) is 0.273. The first-order valence-corrected chi connectivity index (χ1v) is 11.1. The summed E-state index contributed by atoms with van der Waals surface area (Å²) in [6.45, 7) is 4.95. The molecule has 0 atom stereocenters. The number of amides is 3. The van der Waals surface area contributed by atoms with E-state index in [1.54, 1.807) is 57.2 Å². The van der Waals surface area contributed by atoms with Gasteiger partial charge in [0.25, 0.3) is 0 Å². The maximum absolute atomic E-state index is 12.6. The minimum Gasteiger partial charge on any atom is -0.442 e. The lowest BCUT2D eigenvalue weighted by Crippen LogP contribution is -2.45. The van der Waals surface area contributed by atoms with E-state index < -0.39 is 29.5 Å². The van der Waals surface area contributed by atoms with E-state index in [4.69, 9.17) is 51.1 Å². The second-order valence-corrected chi connectivity index (χ2v) is 9.42. The molecule has 0 fully saturated rings. The van der Waals surface area contributed by atoms with Gasteiger partial charge in [0.05, 0.1) is 12.8 Å². The number of halogens is 4.